The van der Waals surface area contributed by atoms with E-state index in [1.807, 2.05) is 17.1 Å². The zero-order chi connectivity index (χ0) is 20.4. The Morgan fingerprint density at radius 2 is 1.60 bits per heavy atom. The van der Waals surface area contributed by atoms with Crippen molar-refractivity contribution < 1.29 is 4.79 Å². The molecule has 158 valence electrons. The molecule has 3 aromatic rings. The van der Waals surface area contributed by atoms with E-state index in [0.29, 0.717) is 26.6 Å². The van der Waals surface area contributed by atoms with Crippen LogP contribution in [0.3, 0.4) is 0 Å². The van der Waals surface area contributed by atoms with E-state index in [0.717, 1.165) is 31.5 Å². The first-order valence-corrected chi connectivity index (χ1v) is 10.4. The molecule has 0 unspecified atom stereocenters. The van der Waals surface area contributed by atoms with E-state index in [2.05, 4.69) is 15.5 Å². The van der Waals surface area contributed by atoms with Gasteiger partial charge in [0.05, 0.1) is 10.7 Å². The van der Waals surface area contributed by atoms with Crippen molar-refractivity contribution in [3.63, 3.8) is 0 Å². The number of nitrogens with one attached hydrogen (secondary N) is 1. The summed E-state index contributed by atoms with van der Waals surface area (Å²) >= 11 is 18.4. The number of hydrazine groups is 1. The second-order valence-electron chi connectivity index (χ2n) is 6.76. The third-order valence-electron chi connectivity index (χ3n) is 4.67. The summed E-state index contributed by atoms with van der Waals surface area (Å²) in [5.74, 6) is 0.187. The number of rotatable bonds is 4. The minimum Gasteiger partial charge on any atom is -0.282 e. The van der Waals surface area contributed by atoms with Crippen molar-refractivity contribution in [1.29, 1.82) is 0 Å². The Morgan fingerprint density at radius 3 is 2.27 bits per heavy atom. The van der Waals surface area contributed by atoms with Gasteiger partial charge >= 0.3 is 5.91 Å². The maximum absolute atomic E-state index is 12.8. The molecule has 2 heterocycles. The molecule has 1 N–H and O–H groups in total. The summed E-state index contributed by atoms with van der Waals surface area (Å²) in [6.07, 6.45) is 3.28. The Morgan fingerprint density at radius 1 is 0.933 bits per heavy atom. The van der Waals surface area contributed by atoms with Gasteiger partial charge in [0.1, 0.15) is 0 Å². The molecule has 0 aliphatic carbocycles. The van der Waals surface area contributed by atoms with Gasteiger partial charge in [0.15, 0.2) is 5.82 Å². The molecule has 0 spiro atoms. The third kappa shape index (κ3) is 5.07. The van der Waals surface area contributed by atoms with Crippen LogP contribution in [0.4, 0.5) is 0 Å². The van der Waals surface area contributed by atoms with Crippen molar-refractivity contribution in [1.82, 2.24) is 25.2 Å². The molecule has 10 heteroatoms. The number of amides is 1. The molecule has 0 atom stereocenters. The molecule has 30 heavy (non-hydrogen) atoms. The first-order valence-electron chi connectivity index (χ1n) is 9.25. The van der Waals surface area contributed by atoms with Gasteiger partial charge in [0.2, 0.25) is 5.82 Å². The molecule has 1 saturated heterocycles. The average molecular weight is 487 g/mol. The van der Waals surface area contributed by atoms with Crippen molar-refractivity contribution in [2.45, 2.75) is 19.3 Å². The molecule has 0 saturated carbocycles. The maximum atomic E-state index is 12.8. The lowest BCUT2D eigenvalue weighted by molar-refractivity contribution is 0.0739. The van der Waals surface area contributed by atoms with Gasteiger partial charge < -0.3 is 0 Å². The smallest absolute Gasteiger partial charge is 0.282 e. The van der Waals surface area contributed by atoms with E-state index in [1.54, 1.807) is 35.0 Å². The van der Waals surface area contributed by atoms with Crippen LogP contribution in [0, 0.1) is 0 Å². The molecule has 0 radical (unpaired) electrons. The number of benzene rings is 2. The number of hydrogen-bond donors (Lipinski definition) is 1. The number of carbonyl (C=O) groups excluding carboxylic acids is 1. The monoisotopic (exact) mass is 485 g/mol. The molecular weight excluding hydrogens is 468 g/mol. The van der Waals surface area contributed by atoms with Crippen LogP contribution in [0.2, 0.25) is 15.1 Å². The van der Waals surface area contributed by atoms with Gasteiger partial charge in [-0.05, 0) is 55.3 Å². The Hall–Kier alpha value is -1.83. The maximum Gasteiger partial charge on any atom is 0.305 e. The summed E-state index contributed by atoms with van der Waals surface area (Å²) < 4.78 is 1.55. The molecular formula is C20H19Cl4N5O. The van der Waals surface area contributed by atoms with Crippen molar-refractivity contribution in [3.8, 4) is 17.1 Å². The minimum atomic E-state index is -0.356. The van der Waals surface area contributed by atoms with E-state index in [1.165, 1.54) is 6.42 Å². The van der Waals surface area contributed by atoms with Crippen LogP contribution >= 0.6 is 47.2 Å². The number of aromatic nitrogens is 3. The molecule has 6 nitrogen and oxygen atoms in total. The zero-order valence-corrected chi connectivity index (χ0v) is 18.9. The molecule has 2 aromatic carbocycles. The highest BCUT2D eigenvalue weighted by atomic mass is 35.5. The molecule has 1 amide bonds. The van der Waals surface area contributed by atoms with Gasteiger partial charge in [0, 0.05) is 28.7 Å². The molecule has 1 fully saturated rings. The van der Waals surface area contributed by atoms with Gasteiger partial charge in [-0.25, -0.2) is 14.7 Å². The number of piperidine rings is 1. The highest BCUT2D eigenvalue weighted by molar-refractivity contribution is 6.35. The number of halogens is 4. The van der Waals surface area contributed by atoms with Crippen LogP contribution in [0.1, 0.15) is 29.9 Å². The van der Waals surface area contributed by atoms with Crippen LogP contribution < -0.4 is 5.43 Å². The van der Waals surface area contributed by atoms with E-state index >= 15 is 0 Å². The first-order chi connectivity index (χ1) is 14.0. The summed E-state index contributed by atoms with van der Waals surface area (Å²) in [6.45, 7) is 1.64. The SMILES string of the molecule is Cl.O=C(NN1CCCCC1)c1nc(-c2ccc(Cl)cc2)n(-c2ccc(Cl)cc2Cl)n1. The van der Waals surface area contributed by atoms with E-state index < -0.39 is 0 Å². The fourth-order valence-corrected chi connectivity index (χ4v) is 3.83. The van der Waals surface area contributed by atoms with Crippen molar-refractivity contribution in [2.24, 2.45) is 0 Å². The fourth-order valence-electron chi connectivity index (χ4n) is 3.21. The zero-order valence-electron chi connectivity index (χ0n) is 15.8. The molecule has 1 aliphatic rings. The predicted molar refractivity (Wildman–Crippen MR) is 122 cm³/mol. The second-order valence-corrected chi connectivity index (χ2v) is 8.04. The van der Waals surface area contributed by atoms with Crippen LogP contribution in [0.5, 0.6) is 0 Å². The first kappa shape index (κ1) is 22.8. The lowest BCUT2D eigenvalue weighted by Crippen LogP contribution is -2.45. The van der Waals surface area contributed by atoms with E-state index in [4.69, 9.17) is 34.8 Å². The topological polar surface area (TPSA) is 63.1 Å². The Labute approximate surface area is 195 Å². The van der Waals surface area contributed by atoms with Gasteiger partial charge in [0.25, 0.3) is 0 Å². The molecule has 4 rings (SSSR count). The summed E-state index contributed by atoms with van der Waals surface area (Å²) in [5.41, 5.74) is 4.22. The van der Waals surface area contributed by atoms with Gasteiger partial charge in [-0.2, -0.15) is 0 Å². The van der Waals surface area contributed by atoms with Crippen LogP contribution in [0.15, 0.2) is 42.5 Å². The molecule has 0 bridgehead atoms. The van der Waals surface area contributed by atoms with Crippen LogP contribution in [-0.2, 0) is 0 Å². The molecule has 1 aliphatic heterocycles. The standard InChI is InChI=1S/C20H18Cl3N5O.ClH/c21-14-6-4-13(5-7-14)19-24-18(20(29)26-27-10-2-1-3-11-27)25-28(19)17-9-8-15(22)12-16(17)23;/h4-9,12H,1-3,10-11H2,(H,26,29);1H. The average Bonchev–Trinajstić information content (AvgIpc) is 3.14. The fraction of sp³-hybridized carbons (Fsp3) is 0.250. The van der Waals surface area contributed by atoms with Gasteiger partial charge in [-0.1, -0.05) is 41.2 Å². The third-order valence-corrected chi connectivity index (χ3v) is 5.46. The lowest BCUT2D eigenvalue weighted by Gasteiger charge is -2.26. The Balaban J connectivity index is 0.00000256. The van der Waals surface area contributed by atoms with Crippen LogP contribution in [-0.4, -0.2) is 38.8 Å². The highest BCUT2D eigenvalue weighted by Gasteiger charge is 2.22. The normalized spacial score (nSPS) is 14.2. The summed E-state index contributed by atoms with van der Waals surface area (Å²) in [6, 6.07) is 12.2. The number of carbonyl (C=O) groups is 1. The quantitative estimate of drug-likeness (QED) is 0.532. The Kier molecular flexibility index (Phi) is 7.60. The Bertz CT molecular complexity index is 1030. The second kappa shape index (κ2) is 9.98. The van der Waals surface area contributed by atoms with Gasteiger partial charge in [-0.3, -0.25) is 10.2 Å². The summed E-state index contributed by atoms with van der Waals surface area (Å²) in [4.78, 5) is 17.3. The number of hydrogen-bond acceptors (Lipinski definition) is 4. The minimum absolute atomic E-state index is 0. The largest absolute Gasteiger partial charge is 0.305 e. The van der Waals surface area contributed by atoms with Crippen molar-refractivity contribution >= 4 is 53.1 Å². The van der Waals surface area contributed by atoms with Crippen molar-refractivity contribution in [3.05, 3.63) is 63.4 Å². The molecule has 1 aromatic heterocycles. The summed E-state index contributed by atoms with van der Waals surface area (Å²) in [5, 5.41) is 7.86. The predicted octanol–water partition coefficient (Wildman–Crippen LogP) is 5.45. The van der Waals surface area contributed by atoms with E-state index in [9.17, 15) is 4.79 Å². The van der Waals surface area contributed by atoms with E-state index in [-0.39, 0.29) is 24.1 Å². The lowest BCUT2D eigenvalue weighted by atomic mass is 10.2. The van der Waals surface area contributed by atoms with Crippen molar-refractivity contribution in [2.75, 3.05) is 13.1 Å². The highest BCUT2D eigenvalue weighted by Crippen LogP contribution is 2.29. The van der Waals surface area contributed by atoms with Gasteiger partial charge in [-0.15, -0.1) is 17.5 Å². The summed E-state index contributed by atoms with van der Waals surface area (Å²) in [7, 11) is 0. The number of nitrogens with zero attached hydrogens (tertiary/aromatic N) is 4. The van der Waals surface area contributed by atoms with Crippen LogP contribution in [0.25, 0.3) is 17.1 Å².